The van der Waals surface area contributed by atoms with E-state index in [2.05, 4.69) is 0 Å². The van der Waals surface area contributed by atoms with E-state index < -0.39 is 26.7 Å². The van der Waals surface area contributed by atoms with Gasteiger partial charge in [0.2, 0.25) is 0 Å². The van der Waals surface area contributed by atoms with Gasteiger partial charge in [0.1, 0.15) is 0 Å². The Morgan fingerprint density at radius 1 is 1.38 bits per heavy atom. The molecular weight excluding hydrogens is 292 g/mol. The third-order valence-electron chi connectivity index (χ3n) is 3.94. The molecule has 0 unspecified atom stereocenters. The monoisotopic (exact) mass is 312 g/mol. The van der Waals surface area contributed by atoms with E-state index in [4.69, 9.17) is 4.74 Å². The number of hydrogen-bond donors (Lipinski definition) is 1. The van der Waals surface area contributed by atoms with Gasteiger partial charge >= 0.3 is 5.97 Å². The Kier molecular flexibility index (Phi) is 4.39. The highest BCUT2D eigenvalue weighted by Crippen LogP contribution is 2.41. The number of aryl methyl sites for hydroxylation is 1. The summed E-state index contributed by atoms with van der Waals surface area (Å²) in [5.41, 5.74) is 0.936. The first kappa shape index (κ1) is 16.0. The van der Waals surface area contributed by atoms with Crippen molar-refractivity contribution in [1.29, 1.82) is 0 Å². The van der Waals surface area contributed by atoms with Crippen molar-refractivity contribution in [3.8, 4) is 0 Å². The first-order chi connectivity index (χ1) is 9.83. The van der Waals surface area contributed by atoms with E-state index >= 15 is 0 Å². The summed E-state index contributed by atoms with van der Waals surface area (Å²) in [5.74, 6) is -0.762. The van der Waals surface area contributed by atoms with Crippen molar-refractivity contribution in [1.82, 2.24) is 0 Å². The zero-order valence-electron chi connectivity index (χ0n) is 12.2. The maximum absolute atomic E-state index is 12.9. The standard InChI is InChI=1S/C15H20O5S/c1-3-20-14(17)15(9-8-12(16)10-15)21(18,19)13-6-4-11(2)5-7-13/h4-7,12,16H,3,8-10H2,1-2H3/t12-,15-/m0/s1. The van der Waals surface area contributed by atoms with E-state index in [-0.39, 0.29) is 30.8 Å². The summed E-state index contributed by atoms with van der Waals surface area (Å²) < 4.78 is 29.1. The number of esters is 1. The van der Waals surface area contributed by atoms with E-state index in [1.165, 1.54) is 12.1 Å². The highest BCUT2D eigenvalue weighted by molar-refractivity contribution is 7.93. The molecule has 6 heteroatoms. The Morgan fingerprint density at radius 2 is 2.00 bits per heavy atom. The van der Waals surface area contributed by atoms with Crippen molar-refractivity contribution < 1.29 is 23.1 Å². The fraction of sp³-hybridized carbons (Fsp3) is 0.533. The number of aliphatic hydroxyl groups is 1. The lowest BCUT2D eigenvalue weighted by atomic mass is 10.1. The minimum Gasteiger partial charge on any atom is -0.465 e. The van der Waals surface area contributed by atoms with Gasteiger partial charge in [0.05, 0.1) is 17.6 Å². The molecule has 1 N–H and O–H groups in total. The van der Waals surface area contributed by atoms with Gasteiger partial charge in [0.25, 0.3) is 0 Å². The molecule has 2 atom stereocenters. The van der Waals surface area contributed by atoms with Crippen molar-refractivity contribution in [3.63, 3.8) is 0 Å². The molecule has 1 aromatic carbocycles. The minimum absolute atomic E-state index is 0.0865. The normalized spacial score (nSPS) is 25.8. The molecule has 1 aromatic rings. The Hall–Kier alpha value is -1.40. The van der Waals surface area contributed by atoms with E-state index in [9.17, 15) is 18.3 Å². The van der Waals surface area contributed by atoms with Gasteiger partial charge in [0, 0.05) is 6.42 Å². The Labute approximate surface area is 124 Å². The van der Waals surface area contributed by atoms with Crippen molar-refractivity contribution in [2.45, 2.75) is 48.9 Å². The number of carbonyl (C=O) groups excluding carboxylic acids is 1. The van der Waals surface area contributed by atoms with Crippen LogP contribution in [0.15, 0.2) is 29.2 Å². The number of benzene rings is 1. The molecule has 0 amide bonds. The molecule has 0 spiro atoms. The average molecular weight is 312 g/mol. The molecule has 2 rings (SSSR count). The molecule has 21 heavy (non-hydrogen) atoms. The second-order valence-electron chi connectivity index (χ2n) is 5.43. The lowest BCUT2D eigenvalue weighted by Gasteiger charge is -2.26. The Bertz CT molecular complexity index is 620. The van der Waals surface area contributed by atoms with Crippen LogP contribution in [0.1, 0.15) is 31.7 Å². The molecule has 0 heterocycles. The van der Waals surface area contributed by atoms with Crippen molar-refractivity contribution in [2.24, 2.45) is 0 Å². The zero-order valence-corrected chi connectivity index (χ0v) is 13.0. The maximum atomic E-state index is 12.9. The van der Waals surface area contributed by atoms with Crippen LogP contribution in [0.3, 0.4) is 0 Å². The third-order valence-corrected chi connectivity index (χ3v) is 6.40. The van der Waals surface area contributed by atoms with E-state index in [0.29, 0.717) is 0 Å². The number of hydrogen-bond acceptors (Lipinski definition) is 5. The highest BCUT2D eigenvalue weighted by atomic mass is 32.2. The molecular formula is C15H20O5S. The van der Waals surface area contributed by atoms with Gasteiger partial charge in [-0.25, -0.2) is 8.42 Å². The summed E-state index contributed by atoms with van der Waals surface area (Å²) in [6.45, 7) is 3.60. The van der Waals surface area contributed by atoms with Crippen molar-refractivity contribution >= 4 is 15.8 Å². The molecule has 1 saturated carbocycles. The van der Waals surface area contributed by atoms with Crippen LogP contribution < -0.4 is 0 Å². The number of aliphatic hydroxyl groups excluding tert-OH is 1. The predicted octanol–water partition coefficient (Wildman–Crippen LogP) is 1.62. The fourth-order valence-corrected chi connectivity index (χ4v) is 4.75. The average Bonchev–Trinajstić information content (AvgIpc) is 2.83. The van der Waals surface area contributed by atoms with E-state index in [0.717, 1.165) is 5.56 Å². The topological polar surface area (TPSA) is 80.7 Å². The van der Waals surface area contributed by atoms with E-state index in [1.807, 2.05) is 6.92 Å². The van der Waals surface area contributed by atoms with Gasteiger partial charge in [-0.3, -0.25) is 4.79 Å². The molecule has 116 valence electrons. The lowest BCUT2D eigenvalue weighted by molar-refractivity contribution is -0.146. The number of rotatable bonds is 4. The smallest absolute Gasteiger partial charge is 0.327 e. The molecule has 0 aromatic heterocycles. The molecule has 0 bridgehead atoms. The van der Waals surface area contributed by atoms with Crippen LogP contribution in [0, 0.1) is 6.92 Å². The fourth-order valence-electron chi connectivity index (χ4n) is 2.73. The summed E-state index contributed by atoms with van der Waals surface area (Å²) in [6, 6.07) is 6.38. The van der Waals surface area contributed by atoms with Crippen LogP contribution in [0.25, 0.3) is 0 Å². The largest absolute Gasteiger partial charge is 0.465 e. The highest BCUT2D eigenvalue weighted by Gasteiger charge is 2.56. The van der Waals surface area contributed by atoms with Crippen molar-refractivity contribution in [3.05, 3.63) is 29.8 Å². The molecule has 0 saturated heterocycles. The number of ether oxygens (including phenoxy) is 1. The number of carbonyl (C=O) groups is 1. The summed E-state index contributed by atoms with van der Waals surface area (Å²) in [7, 11) is -3.91. The SMILES string of the molecule is CCOC(=O)[C@]1(S(=O)(=O)c2ccc(C)cc2)CC[C@H](O)C1. The molecule has 0 radical (unpaired) electrons. The minimum atomic E-state index is -3.91. The van der Waals surface area contributed by atoms with Crippen LogP contribution in [-0.2, 0) is 19.4 Å². The lowest BCUT2D eigenvalue weighted by Crippen LogP contribution is -2.46. The van der Waals surface area contributed by atoms with E-state index in [1.54, 1.807) is 19.1 Å². The van der Waals surface area contributed by atoms with Gasteiger partial charge in [-0.2, -0.15) is 0 Å². The molecule has 0 aliphatic heterocycles. The predicted molar refractivity (Wildman–Crippen MR) is 77.6 cm³/mol. The van der Waals surface area contributed by atoms with Crippen LogP contribution in [0.4, 0.5) is 0 Å². The zero-order chi connectivity index (χ0) is 15.7. The van der Waals surface area contributed by atoms with Crippen molar-refractivity contribution in [2.75, 3.05) is 6.61 Å². The van der Waals surface area contributed by atoms with Gasteiger partial charge in [-0.05, 0) is 38.8 Å². The third kappa shape index (κ3) is 2.70. The van der Waals surface area contributed by atoms with Crippen LogP contribution in [0.5, 0.6) is 0 Å². The summed E-state index contributed by atoms with van der Waals surface area (Å²) >= 11 is 0. The Morgan fingerprint density at radius 3 is 2.48 bits per heavy atom. The Balaban J connectivity index is 2.50. The summed E-state index contributed by atoms with van der Waals surface area (Å²) in [6.07, 6.45) is -0.538. The second kappa shape index (κ2) is 5.77. The maximum Gasteiger partial charge on any atom is 0.327 e. The molecule has 1 aliphatic rings. The first-order valence-electron chi connectivity index (χ1n) is 7.00. The first-order valence-corrected chi connectivity index (χ1v) is 8.48. The van der Waals surface area contributed by atoms with Crippen LogP contribution in [-0.4, -0.2) is 37.0 Å². The summed E-state index contributed by atoms with van der Waals surface area (Å²) in [5, 5.41) is 9.76. The van der Waals surface area contributed by atoms with Gasteiger partial charge in [0.15, 0.2) is 14.6 Å². The molecule has 1 fully saturated rings. The van der Waals surface area contributed by atoms with Gasteiger partial charge < -0.3 is 9.84 Å². The number of sulfone groups is 1. The quantitative estimate of drug-likeness (QED) is 0.854. The van der Waals surface area contributed by atoms with Gasteiger partial charge in [-0.1, -0.05) is 17.7 Å². The van der Waals surface area contributed by atoms with Crippen LogP contribution >= 0.6 is 0 Å². The molecule has 5 nitrogen and oxygen atoms in total. The van der Waals surface area contributed by atoms with Crippen LogP contribution in [0.2, 0.25) is 0 Å². The summed E-state index contributed by atoms with van der Waals surface area (Å²) in [4.78, 5) is 12.4. The second-order valence-corrected chi connectivity index (χ2v) is 7.69. The molecule has 1 aliphatic carbocycles. The van der Waals surface area contributed by atoms with Gasteiger partial charge in [-0.15, -0.1) is 0 Å².